The molecule has 1 fully saturated rings. The molecule has 1 aromatic rings. The van der Waals surface area contributed by atoms with Crippen LogP contribution in [0.4, 0.5) is 5.82 Å². The molecule has 0 aromatic carbocycles. The molecule has 1 aliphatic carbocycles. The molecular weight excluding hydrogens is 216 g/mol. The fourth-order valence-corrected chi connectivity index (χ4v) is 1.84. The van der Waals surface area contributed by atoms with E-state index in [0.717, 1.165) is 31.2 Å². The molecule has 5 nitrogen and oxygen atoms in total. The second kappa shape index (κ2) is 5.12. The van der Waals surface area contributed by atoms with Crippen molar-refractivity contribution in [2.24, 2.45) is 11.7 Å². The third-order valence-corrected chi connectivity index (χ3v) is 2.90. The van der Waals surface area contributed by atoms with Crippen LogP contribution < -0.4 is 10.6 Å². The molecule has 0 aliphatic heterocycles. The standard InChI is InChI=1S/C12H18N4O/c1-2-5-16(7-9-3-4-9)11-6-10(12(13)17)14-8-15-11/h6,8-9H,2-5,7H2,1H3,(H2,13,17). The van der Waals surface area contributed by atoms with Gasteiger partial charge < -0.3 is 10.6 Å². The molecule has 1 saturated carbocycles. The van der Waals surface area contributed by atoms with Gasteiger partial charge in [0, 0.05) is 19.2 Å². The summed E-state index contributed by atoms with van der Waals surface area (Å²) in [4.78, 5) is 21.4. The van der Waals surface area contributed by atoms with E-state index in [-0.39, 0.29) is 5.69 Å². The van der Waals surface area contributed by atoms with Crippen molar-refractivity contribution in [3.8, 4) is 0 Å². The third kappa shape index (κ3) is 3.15. The summed E-state index contributed by atoms with van der Waals surface area (Å²) >= 11 is 0. The Hall–Kier alpha value is -1.65. The van der Waals surface area contributed by atoms with Crippen LogP contribution in [0.2, 0.25) is 0 Å². The second-order valence-corrected chi connectivity index (χ2v) is 4.52. The first-order chi connectivity index (χ1) is 8.20. The second-order valence-electron chi connectivity index (χ2n) is 4.52. The summed E-state index contributed by atoms with van der Waals surface area (Å²) in [7, 11) is 0. The Morgan fingerprint density at radius 3 is 2.88 bits per heavy atom. The average Bonchev–Trinajstić information content (AvgIpc) is 3.12. The molecule has 1 aliphatic rings. The number of aromatic nitrogens is 2. The van der Waals surface area contributed by atoms with E-state index in [9.17, 15) is 4.79 Å². The lowest BCUT2D eigenvalue weighted by molar-refractivity contribution is 0.0995. The van der Waals surface area contributed by atoms with Gasteiger partial charge in [-0.25, -0.2) is 9.97 Å². The van der Waals surface area contributed by atoms with Gasteiger partial charge in [-0.15, -0.1) is 0 Å². The number of hydrogen-bond acceptors (Lipinski definition) is 4. The topological polar surface area (TPSA) is 72.1 Å². The Morgan fingerprint density at radius 2 is 2.29 bits per heavy atom. The van der Waals surface area contributed by atoms with Crippen LogP contribution in [-0.4, -0.2) is 29.0 Å². The Bertz CT molecular complexity index is 403. The van der Waals surface area contributed by atoms with Gasteiger partial charge in [0.2, 0.25) is 0 Å². The van der Waals surface area contributed by atoms with Crippen LogP contribution in [0.15, 0.2) is 12.4 Å². The van der Waals surface area contributed by atoms with Gasteiger partial charge in [-0.05, 0) is 25.2 Å². The van der Waals surface area contributed by atoms with E-state index < -0.39 is 5.91 Å². The molecule has 0 unspecified atom stereocenters. The van der Waals surface area contributed by atoms with Crippen LogP contribution in [0, 0.1) is 5.92 Å². The number of carbonyl (C=O) groups is 1. The number of amides is 1. The number of carbonyl (C=O) groups excluding carboxylic acids is 1. The predicted molar refractivity (Wildman–Crippen MR) is 65.8 cm³/mol. The Balaban J connectivity index is 2.15. The maximum absolute atomic E-state index is 11.1. The smallest absolute Gasteiger partial charge is 0.267 e. The van der Waals surface area contributed by atoms with Crippen molar-refractivity contribution in [2.45, 2.75) is 26.2 Å². The largest absolute Gasteiger partial charge is 0.364 e. The van der Waals surface area contributed by atoms with E-state index in [1.807, 2.05) is 0 Å². The molecule has 1 heterocycles. The average molecular weight is 234 g/mol. The molecule has 1 aromatic heterocycles. The highest BCUT2D eigenvalue weighted by molar-refractivity contribution is 5.91. The number of hydrogen-bond donors (Lipinski definition) is 1. The van der Waals surface area contributed by atoms with Gasteiger partial charge in [0.15, 0.2) is 0 Å². The summed E-state index contributed by atoms with van der Waals surface area (Å²) in [6.45, 7) is 4.10. The molecule has 0 saturated heterocycles. The highest BCUT2D eigenvalue weighted by Crippen LogP contribution is 2.31. The van der Waals surface area contributed by atoms with Crippen molar-refractivity contribution >= 4 is 11.7 Å². The first-order valence-corrected chi connectivity index (χ1v) is 6.07. The first kappa shape index (κ1) is 11.8. The number of anilines is 1. The Morgan fingerprint density at radius 1 is 1.53 bits per heavy atom. The summed E-state index contributed by atoms with van der Waals surface area (Å²) in [5.41, 5.74) is 5.51. The minimum absolute atomic E-state index is 0.284. The van der Waals surface area contributed by atoms with E-state index in [0.29, 0.717) is 0 Å². The SMILES string of the molecule is CCCN(CC1CC1)c1cc(C(N)=O)ncn1. The number of rotatable bonds is 6. The minimum Gasteiger partial charge on any atom is -0.364 e. The molecule has 0 spiro atoms. The van der Waals surface area contributed by atoms with Crippen molar-refractivity contribution in [1.82, 2.24) is 9.97 Å². The van der Waals surface area contributed by atoms with Crippen LogP contribution in [0.25, 0.3) is 0 Å². The van der Waals surface area contributed by atoms with Crippen molar-refractivity contribution in [2.75, 3.05) is 18.0 Å². The first-order valence-electron chi connectivity index (χ1n) is 6.07. The van der Waals surface area contributed by atoms with Crippen LogP contribution in [0.1, 0.15) is 36.7 Å². The summed E-state index contributed by atoms with van der Waals surface area (Å²) in [6, 6.07) is 1.68. The zero-order valence-electron chi connectivity index (χ0n) is 10.1. The zero-order chi connectivity index (χ0) is 12.3. The van der Waals surface area contributed by atoms with E-state index in [1.165, 1.54) is 19.2 Å². The van der Waals surface area contributed by atoms with Gasteiger partial charge in [0.05, 0.1) is 0 Å². The monoisotopic (exact) mass is 234 g/mol. The Labute approximate surface area is 101 Å². The molecule has 0 bridgehead atoms. The fraction of sp³-hybridized carbons (Fsp3) is 0.583. The van der Waals surface area contributed by atoms with E-state index >= 15 is 0 Å². The molecular formula is C12H18N4O. The summed E-state index contributed by atoms with van der Waals surface area (Å²) < 4.78 is 0. The lowest BCUT2D eigenvalue weighted by Gasteiger charge is -2.23. The van der Waals surface area contributed by atoms with Gasteiger partial charge in [-0.3, -0.25) is 4.79 Å². The molecule has 0 atom stereocenters. The highest BCUT2D eigenvalue weighted by Gasteiger charge is 2.24. The number of primary amides is 1. The molecule has 2 rings (SSSR count). The molecule has 1 amide bonds. The quantitative estimate of drug-likeness (QED) is 0.802. The third-order valence-electron chi connectivity index (χ3n) is 2.90. The van der Waals surface area contributed by atoms with Crippen LogP contribution in [0.3, 0.4) is 0 Å². The van der Waals surface area contributed by atoms with Gasteiger partial charge in [-0.2, -0.15) is 0 Å². The molecule has 17 heavy (non-hydrogen) atoms. The van der Waals surface area contributed by atoms with Crippen LogP contribution in [-0.2, 0) is 0 Å². The summed E-state index contributed by atoms with van der Waals surface area (Å²) in [6.07, 6.45) is 5.07. The zero-order valence-corrected chi connectivity index (χ0v) is 10.1. The van der Waals surface area contributed by atoms with Gasteiger partial charge in [0.25, 0.3) is 5.91 Å². The van der Waals surface area contributed by atoms with Crippen molar-refractivity contribution in [3.05, 3.63) is 18.1 Å². The maximum Gasteiger partial charge on any atom is 0.267 e. The molecule has 2 N–H and O–H groups in total. The molecule has 92 valence electrons. The van der Waals surface area contributed by atoms with Gasteiger partial charge in [0.1, 0.15) is 17.8 Å². The van der Waals surface area contributed by atoms with Crippen LogP contribution >= 0.6 is 0 Å². The van der Waals surface area contributed by atoms with E-state index in [2.05, 4.69) is 21.8 Å². The maximum atomic E-state index is 11.1. The number of nitrogens with zero attached hydrogens (tertiary/aromatic N) is 3. The summed E-state index contributed by atoms with van der Waals surface area (Å²) in [5.74, 6) is 1.09. The lowest BCUT2D eigenvalue weighted by atomic mass is 10.3. The normalized spacial score (nSPS) is 14.6. The van der Waals surface area contributed by atoms with Gasteiger partial charge >= 0.3 is 0 Å². The molecule has 5 heteroatoms. The van der Waals surface area contributed by atoms with Gasteiger partial charge in [-0.1, -0.05) is 6.92 Å². The fourth-order valence-electron chi connectivity index (χ4n) is 1.84. The highest BCUT2D eigenvalue weighted by atomic mass is 16.1. The lowest BCUT2D eigenvalue weighted by Crippen LogP contribution is -2.28. The van der Waals surface area contributed by atoms with E-state index in [4.69, 9.17) is 5.73 Å². The Kier molecular flexibility index (Phi) is 3.56. The van der Waals surface area contributed by atoms with Crippen molar-refractivity contribution in [3.63, 3.8) is 0 Å². The summed E-state index contributed by atoms with van der Waals surface area (Å²) in [5, 5.41) is 0. The van der Waals surface area contributed by atoms with Crippen LogP contribution in [0.5, 0.6) is 0 Å². The van der Waals surface area contributed by atoms with E-state index in [1.54, 1.807) is 6.07 Å². The van der Waals surface area contributed by atoms with Crippen molar-refractivity contribution in [1.29, 1.82) is 0 Å². The molecule has 0 radical (unpaired) electrons. The van der Waals surface area contributed by atoms with Crippen molar-refractivity contribution < 1.29 is 4.79 Å². The predicted octanol–water partition coefficient (Wildman–Crippen LogP) is 1.20. The number of nitrogens with two attached hydrogens (primary N) is 1. The minimum atomic E-state index is -0.503.